The summed E-state index contributed by atoms with van der Waals surface area (Å²) in [6, 6.07) is 12.0. The summed E-state index contributed by atoms with van der Waals surface area (Å²) in [6.07, 6.45) is 0. The standard InChI is InChI=1S/C16H27N3O3Si2.C13H18IN3O3Si.6CH3.2Sn/c1-23(2,3)10-9-22-12-18-15-11-13(19(20)21)7-8-14(15)16(17-18)24(4,5)6;1-21(2,3)7-6-20-9-16-12-8-10(17(18)19)4-5-11(12)13(14)15-16;;;;;;;;/h7-8,11H,9-10,12H2,1-6H3;4-5,8H,6-7,9H2,1-3H3;6*1H3;;. The molecule has 0 spiro atoms. The number of benzene rings is 2. The molecule has 2 heterocycles. The number of halogens is 1. The van der Waals surface area contributed by atoms with Crippen LogP contribution in [0.4, 0.5) is 11.4 Å². The van der Waals surface area contributed by atoms with E-state index in [1.807, 2.05) is 6.07 Å². The van der Waals surface area contributed by atoms with Gasteiger partial charge < -0.3 is 9.47 Å². The van der Waals surface area contributed by atoms with Crippen molar-refractivity contribution in [2.75, 3.05) is 13.2 Å². The van der Waals surface area contributed by atoms with Crippen molar-refractivity contribution in [1.29, 1.82) is 0 Å². The van der Waals surface area contributed by atoms with E-state index in [-0.39, 0.29) is 16.3 Å². The van der Waals surface area contributed by atoms with Crippen LogP contribution in [0.25, 0.3) is 21.8 Å². The fraction of sp³-hybridized carbons (Fsp3) is 0.600. The number of non-ortho nitro benzene ring substituents is 2. The maximum atomic E-state index is 11.1. The summed E-state index contributed by atoms with van der Waals surface area (Å²) in [6.45, 7) is 22.6. The van der Waals surface area contributed by atoms with E-state index < -0.39 is 68.7 Å². The molecule has 18 heteroatoms. The van der Waals surface area contributed by atoms with Gasteiger partial charge in [0.1, 0.15) is 25.2 Å². The van der Waals surface area contributed by atoms with Gasteiger partial charge in [0.2, 0.25) is 0 Å². The third-order valence-electron chi connectivity index (χ3n) is 6.98. The van der Waals surface area contributed by atoms with Crippen LogP contribution < -0.4 is 5.32 Å². The van der Waals surface area contributed by atoms with E-state index in [1.54, 1.807) is 33.6 Å². The zero-order valence-corrected chi connectivity index (χ0v) is 45.6. The molecule has 0 saturated carbocycles. The Morgan fingerprint density at radius 2 is 1.02 bits per heavy atom. The average Bonchev–Trinajstić information content (AvgIpc) is 3.53. The van der Waals surface area contributed by atoms with E-state index in [2.05, 4.69) is 116 Å². The summed E-state index contributed by atoms with van der Waals surface area (Å²) < 4.78 is 15.8. The Labute approximate surface area is 348 Å². The molecule has 4 aromatic rings. The van der Waals surface area contributed by atoms with Gasteiger partial charge in [-0.05, 0) is 46.8 Å². The number of ether oxygens (including phenoxy) is 2. The first kappa shape index (κ1) is 50.1. The number of hydrogen-bond donors (Lipinski definition) is 0. The number of nitro groups is 2. The molecule has 12 nitrogen and oxygen atoms in total. The SMILES string of the molecule is C[Si](C)(C)CCOCn1nc(I)c2ccc([N+](=O)[O-])cc21.C[Si](C)(C)CCOCn1nc([Si](C)(C)C)c2ccc([N+](=O)[O-])cc21.[CH3][Sn]([CH3])[CH3].[CH3][Sn]([CH3])[CH3]. The predicted molar refractivity (Wildman–Crippen MR) is 243 cm³/mol. The van der Waals surface area contributed by atoms with Crippen molar-refractivity contribution in [1.82, 2.24) is 19.6 Å². The second-order valence-corrected chi connectivity index (χ2v) is 51.9. The second kappa shape index (κ2) is 22.7. The van der Waals surface area contributed by atoms with E-state index in [4.69, 9.17) is 14.6 Å². The van der Waals surface area contributed by atoms with Crippen LogP contribution in [0.3, 0.4) is 0 Å². The first-order chi connectivity index (χ1) is 24.2. The molecule has 0 aliphatic heterocycles. The summed E-state index contributed by atoms with van der Waals surface area (Å²) in [5, 5.41) is 34.1. The number of nitrogens with zero attached hydrogens (tertiary/aromatic N) is 6. The topological polar surface area (TPSA) is 140 Å². The Morgan fingerprint density at radius 3 is 1.38 bits per heavy atom. The zero-order chi connectivity index (χ0) is 40.9. The van der Waals surface area contributed by atoms with Crippen LogP contribution >= 0.6 is 22.6 Å². The Hall–Kier alpha value is -0.922. The van der Waals surface area contributed by atoms with Crippen LogP contribution in [-0.2, 0) is 22.9 Å². The molecule has 0 saturated heterocycles. The van der Waals surface area contributed by atoms with Crippen molar-refractivity contribution in [3.8, 4) is 0 Å². The van der Waals surface area contributed by atoms with Crippen LogP contribution in [0, 0.1) is 23.9 Å². The van der Waals surface area contributed by atoms with Gasteiger partial charge in [0.15, 0.2) is 0 Å². The van der Waals surface area contributed by atoms with Gasteiger partial charge in [-0.1, -0.05) is 58.9 Å². The normalized spacial score (nSPS) is 11.9. The molecule has 296 valence electrons. The van der Waals surface area contributed by atoms with Gasteiger partial charge in [-0.3, -0.25) is 20.2 Å². The Balaban J connectivity index is 0.000000443. The van der Waals surface area contributed by atoms with Crippen molar-refractivity contribution in [3.05, 3.63) is 60.3 Å². The van der Waals surface area contributed by atoms with Gasteiger partial charge in [-0.15, -0.1) is 0 Å². The summed E-state index contributed by atoms with van der Waals surface area (Å²) in [7, 11) is -3.90. The maximum absolute atomic E-state index is 11.1. The van der Waals surface area contributed by atoms with Gasteiger partial charge in [0.25, 0.3) is 11.4 Å². The van der Waals surface area contributed by atoms with Crippen molar-refractivity contribution in [3.63, 3.8) is 0 Å². The van der Waals surface area contributed by atoms with E-state index in [0.717, 1.165) is 42.9 Å². The first-order valence-corrected chi connectivity index (χ1v) is 47.0. The molecule has 2 radical (unpaired) electrons. The van der Waals surface area contributed by atoms with Crippen LogP contribution in [0.2, 0.25) is 101 Å². The molecule has 0 atom stereocenters. The van der Waals surface area contributed by atoms with E-state index in [9.17, 15) is 20.2 Å². The van der Waals surface area contributed by atoms with Gasteiger partial charge in [0.05, 0.1) is 26.2 Å². The van der Waals surface area contributed by atoms with Gasteiger partial charge >= 0.3 is 69.2 Å². The molecule has 0 fully saturated rings. The molecule has 53 heavy (non-hydrogen) atoms. The number of nitro benzene ring substituents is 2. The van der Waals surface area contributed by atoms with Gasteiger partial charge in [0, 0.05) is 64.4 Å². The molecule has 0 amide bonds. The Bertz CT molecular complexity index is 1760. The third-order valence-corrected chi connectivity index (χ3v) is 13.0. The quantitative estimate of drug-likeness (QED) is 0.0424. The molecular formula is C35H63IN6O6Si3Sn2. The minimum absolute atomic E-state index is 0.0714. The number of fused-ring (bicyclic) bond motifs is 2. The summed E-state index contributed by atoms with van der Waals surface area (Å²) in [5.74, 6) is 0. The van der Waals surface area contributed by atoms with E-state index in [0.29, 0.717) is 26.7 Å². The van der Waals surface area contributed by atoms with Crippen molar-refractivity contribution < 1.29 is 19.3 Å². The molecule has 2 aromatic heterocycles. The summed E-state index contributed by atoms with van der Waals surface area (Å²) in [5.41, 5.74) is 1.69. The fourth-order valence-corrected chi connectivity index (χ4v) is 7.99. The van der Waals surface area contributed by atoms with Crippen LogP contribution in [0.1, 0.15) is 0 Å². The van der Waals surface area contributed by atoms with E-state index >= 15 is 0 Å². The van der Waals surface area contributed by atoms with Crippen LogP contribution in [0.15, 0.2) is 36.4 Å². The first-order valence-electron chi connectivity index (χ1n) is 17.9. The summed E-state index contributed by atoms with van der Waals surface area (Å²) in [4.78, 5) is 35.4. The Morgan fingerprint density at radius 1 is 0.660 bits per heavy atom. The molecule has 0 N–H and O–H groups in total. The molecule has 4 rings (SSSR count). The van der Waals surface area contributed by atoms with Crippen molar-refractivity contribution in [2.45, 2.75) is 114 Å². The monoisotopic (exact) mass is 1110 g/mol. The van der Waals surface area contributed by atoms with Crippen molar-refractivity contribution in [2.24, 2.45) is 0 Å². The predicted octanol–water partition coefficient (Wildman–Crippen LogP) is 10.4. The molecule has 0 aliphatic rings. The Kier molecular flexibility index (Phi) is 21.5. The molecular weight excluding hydrogens is 1050 g/mol. The van der Waals surface area contributed by atoms with Gasteiger partial charge in [-0.2, -0.15) is 10.2 Å². The minimum atomic E-state index is -1.65. The van der Waals surface area contributed by atoms with Crippen LogP contribution in [0.5, 0.6) is 0 Å². The van der Waals surface area contributed by atoms with E-state index in [1.165, 1.54) is 6.07 Å². The zero-order valence-electron chi connectivity index (χ0n) is 34.7. The molecule has 0 unspecified atom stereocenters. The summed E-state index contributed by atoms with van der Waals surface area (Å²) >= 11 is 1.04. The van der Waals surface area contributed by atoms with Gasteiger partial charge in [-0.25, -0.2) is 9.36 Å². The third kappa shape index (κ3) is 19.7. The van der Waals surface area contributed by atoms with Crippen molar-refractivity contribution >= 4 is 125 Å². The number of aromatic nitrogens is 4. The fourth-order valence-electron chi connectivity index (χ4n) is 4.32. The average molecular weight is 1110 g/mol. The van der Waals surface area contributed by atoms with Crippen LogP contribution in [-0.4, -0.2) is 106 Å². The second-order valence-electron chi connectivity index (χ2n) is 17.5. The molecule has 0 bridgehead atoms. The molecule has 2 aromatic carbocycles. The molecule has 0 aliphatic carbocycles. The number of rotatable bonds is 13. The number of hydrogen-bond acceptors (Lipinski definition) is 8.